The number of aromatic nitrogens is 2. The molecule has 1 aliphatic carbocycles. The van der Waals surface area contributed by atoms with E-state index in [4.69, 9.17) is 4.74 Å². The van der Waals surface area contributed by atoms with Gasteiger partial charge in [-0.25, -0.2) is 0 Å². The van der Waals surface area contributed by atoms with Gasteiger partial charge in [0, 0.05) is 16.5 Å². The molecular weight excluding hydrogens is 458 g/mol. The Morgan fingerprint density at radius 1 is 1.00 bits per heavy atom. The van der Waals surface area contributed by atoms with Gasteiger partial charge in [-0.15, -0.1) is 0 Å². The van der Waals surface area contributed by atoms with Gasteiger partial charge >= 0.3 is 0 Å². The first-order valence-electron chi connectivity index (χ1n) is 11.5. The van der Waals surface area contributed by atoms with E-state index in [1.807, 2.05) is 36.4 Å². The molecule has 3 aromatic carbocycles. The molecule has 0 saturated heterocycles. The number of aryl methyl sites for hydroxylation is 1. The first kappa shape index (κ1) is 22.9. The lowest BCUT2D eigenvalue weighted by atomic mass is 9.87. The number of benzene rings is 3. The quantitative estimate of drug-likeness (QED) is 0.408. The highest BCUT2D eigenvalue weighted by Gasteiger charge is 2.22. The van der Waals surface area contributed by atoms with Crippen molar-refractivity contribution in [3.05, 3.63) is 112 Å². The fourth-order valence-corrected chi connectivity index (χ4v) is 5.07. The number of carbonyl (C=O) groups excluding carboxylic acids is 1. The fraction of sp³-hybridized carbons (Fsp3) is 0.179. The molecule has 6 nitrogen and oxygen atoms in total. The Bertz CT molecular complexity index is 1400. The minimum Gasteiger partial charge on any atom is -0.497 e. The SMILES string of the molecule is COc1ccc(Sc2ccc(=O)n(-c3ccc(C(=O)NC4CCCc5ccccc54)cc3)n2)cc1. The van der Waals surface area contributed by atoms with E-state index in [9.17, 15) is 9.59 Å². The van der Waals surface area contributed by atoms with Gasteiger partial charge in [0.1, 0.15) is 10.8 Å². The summed E-state index contributed by atoms with van der Waals surface area (Å²) < 4.78 is 6.55. The molecule has 1 aromatic heterocycles. The Balaban J connectivity index is 1.31. The fourth-order valence-electron chi connectivity index (χ4n) is 4.30. The van der Waals surface area contributed by atoms with Gasteiger partial charge in [0.25, 0.3) is 11.5 Å². The van der Waals surface area contributed by atoms with Crippen molar-refractivity contribution in [2.75, 3.05) is 7.11 Å². The van der Waals surface area contributed by atoms with Crippen LogP contribution in [0.1, 0.15) is 40.4 Å². The van der Waals surface area contributed by atoms with Crippen molar-refractivity contribution >= 4 is 17.7 Å². The lowest BCUT2D eigenvalue weighted by Crippen LogP contribution is -2.31. The zero-order chi connectivity index (χ0) is 24.2. The smallest absolute Gasteiger partial charge is 0.271 e. The maximum atomic E-state index is 12.9. The van der Waals surface area contributed by atoms with Crippen LogP contribution in [0.5, 0.6) is 5.75 Å². The third-order valence-electron chi connectivity index (χ3n) is 6.11. The van der Waals surface area contributed by atoms with Crippen LogP contribution in [0.3, 0.4) is 0 Å². The molecule has 1 atom stereocenters. The van der Waals surface area contributed by atoms with Crippen molar-refractivity contribution in [2.45, 2.75) is 35.2 Å². The zero-order valence-corrected chi connectivity index (χ0v) is 20.1. The minimum absolute atomic E-state index is 0.0167. The van der Waals surface area contributed by atoms with Gasteiger partial charge in [0.2, 0.25) is 0 Å². The first-order chi connectivity index (χ1) is 17.1. The van der Waals surface area contributed by atoms with E-state index < -0.39 is 0 Å². The molecule has 0 bridgehead atoms. The summed E-state index contributed by atoms with van der Waals surface area (Å²) in [5.41, 5.74) is 3.42. The first-order valence-corrected chi connectivity index (χ1v) is 12.3. The van der Waals surface area contributed by atoms with Crippen molar-refractivity contribution in [1.82, 2.24) is 15.1 Å². The number of amides is 1. The number of carbonyl (C=O) groups is 1. The largest absolute Gasteiger partial charge is 0.497 e. The van der Waals surface area contributed by atoms with Crippen LogP contribution in [-0.4, -0.2) is 22.8 Å². The van der Waals surface area contributed by atoms with Crippen molar-refractivity contribution in [3.8, 4) is 11.4 Å². The van der Waals surface area contributed by atoms with Crippen LogP contribution in [-0.2, 0) is 6.42 Å². The molecular formula is C28H25N3O3S. The van der Waals surface area contributed by atoms with Gasteiger partial charge in [-0.2, -0.15) is 9.78 Å². The van der Waals surface area contributed by atoms with Crippen molar-refractivity contribution < 1.29 is 9.53 Å². The Morgan fingerprint density at radius 2 is 1.77 bits per heavy atom. The second-order valence-electron chi connectivity index (χ2n) is 8.36. The molecule has 1 aliphatic rings. The van der Waals surface area contributed by atoms with E-state index in [1.54, 1.807) is 37.4 Å². The summed E-state index contributed by atoms with van der Waals surface area (Å²) in [6.07, 6.45) is 3.04. The molecule has 1 amide bonds. The van der Waals surface area contributed by atoms with Crippen LogP contribution in [0.2, 0.25) is 0 Å². The number of methoxy groups -OCH3 is 1. The second-order valence-corrected chi connectivity index (χ2v) is 9.46. The average molecular weight is 484 g/mol. The molecule has 176 valence electrons. The lowest BCUT2D eigenvalue weighted by Gasteiger charge is -2.26. The van der Waals surface area contributed by atoms with E-state index in [0.717, 1.165) is 29.9 Å². The molecule has 7 heteroatoms. The normalized spacial score (nSPS) is 14.7. The van der Waals surface area contributed by atoms with Crippen LogP contribution in [0.25, 0.3) is 5.69 Å². The van der Waals surface area contributed by atoms with Gasteiger partial charge in [0.15, 0.2) is 0 Å². The number of hydrogen-bond donors (Lipinski definition) is 1. The number of fused-ring (bicyclic) bond motifs is 1. The summed E-state index contributed by atoms with van der Waals surface area (Å²) in [6, 6.07) is 26.1. The van der Waals surface area contributed by atoms with Crippen molar-refractivity contribution in [2.24, 2.45) is 0 Å². The van der Waals surface area contributed by atoms with Gasteiger partial charge in [-0.3, -0.25) is 9.59 Å². The lowest BCUT2D eigenvalue weighted by molar-refractivity contribution is 0.0932. The summed E-state index contributed by atoms with van der Waals surface area (Å²) in [5.74, 6) is 0.659. The number of hydrogen-bond acceptors (Lipinski definition) is 5. The van der Waals surface area contributed by atoms with Gasteiger partial charge in [-0.1, -0.05) is 36.0 Å². The molecule has 4 aromatic rings. The minimum atomic E-state index is -0.236. The van der Waals surface area contributed by atoms with E-state index in [-0.39, 0.29) is 17.5 Å². The van der Waals surface area contributed by atoms with Crippen LogP contribution < -0.4 is 15.6 Å². The van der Waals surface area contributed by atoms with E-state index in [1.165, 1.54) is 33.6 Å². The third kappa shape index (κ3) is 5.15. The molecule has 1 unspecified atom stereocenters. The van der Waals surface area contributed by atoms with E-state index in [0.29, 0.717) is 16.3 Å². The Labute approximate surface area is 208 Å². The Kier molecular flexibility index (Phi) is 6.68. The molecule has 35 heavy (non-hydrogen) atoms. The van der Waals surface area contributed by atoms with E-state index >= 15 is 0 Å². The second kappa shape index (κ2) is 10.2. The van der Waals surface area contributed by atoms with Crippen LogP contribution in [0.15, 0.2) is 99.6 Å². The van der Waals surface area contributed by atoms with Crippen molar-refractivity contribution in [3.63, 3.8) is 0 Å². The van der Waals surface area contributed by atoms with Crippen LogP contribution >= 0.6 is 11.8 Å². The number of ether oxygens (including phenoxy) is 1. The molecule has 0 saturated carbocycles. The Morgan fingerprint density at radius 3 is 2.54 bits per heavy atom. The molecule has 0 fully saturated rings. The topological polar surface area (TPSA) is 73.2 Å². The van der Waals surface area contributed by atoms with Crippen LogP contribution in [0.4, 0.5) is 0 Å². The molecule has 0 aliphatic heterocycles. The summed E-state index contributed by atoms with van der Waals surface area (Å²) >= 11 is 1.46. The molecule has 1 heterocycles. The highest BCUT2D eigenvalue weighted by atomic mass is 32.2. The van der Waals surface area contributed by atoms with Crippen LogP contribution in [0, 0.1) is 0 Å². The highest BCUT2D eigenvalue weighted by Crippen LogP contribution is 2.30. The maximum Gasteiger partial charge on any atom is 0.271 e. The van der Waals surface area contributed by atoms with Gasteiger partial charge in [-0.05, 0) is 85.0 Å². The molecule has 0 spiro atoms. The number of nitrogens with one attached hydrogen (secondary N) is 1. The summed E-state index contributed by atoms with van der Waals surface area (Å²) in [5, 5.41) is 8.37. The predicted molar refractivity (Wildman–Crippen MR) is 137 cm³/mol. The molecule has 0 radical (unpaired) electrons. The van der Waals surface area contributed by atoms with E-state index in [2.05, 4.69) is 22.5 Å². The highest BCUT2D eigenvalue weighted by molar-refractivity contribution is 7.99. The van der Waals surface area contributed by atoms with Gasteiger partial charge in [0.05, 0.1) is 18.8 Å². The van der Waals surface area contributed by atoms with Crippen molar-refractivity contribution in [1.29, 1.82) is 0 Å². The van der Waals surface area contributed by atoms with Gasteiger partial charge < -0.3 is 10.1 Å². The summed E-state index contributed by atoms with van der Waals surface area (Å²) in [7, 11) is 1.63. The maximum absolute atomic E-state index is 12.9. The molecule has 5 rings (SSSR count). The average Bonchev–Trinajstić information content (AvgIpc) is 2.90. The zero-order valence-electron chi connectivity index (χ0n) is 19.3. The third-order valence-corrected chi connectivity index (χ3v) is 7.04. The monoisotopic (exact) mass is 483 g/mol. The molecule has 1 N–H and O–H groups in total. The summed E-state index contributed by atoms with van der Waals surface area (Å²) in [4.78, 5) is 26.4. The Hall–Kier alpha value is -3.84. The standard InChI is InChI=1S/C28H25N3O3S/c1-34-22-13-15-23(16-14-22)35-26-17-18-27(32)31(30-26)21-11-9-20(10-12-21)28(33)29-25-8-4-6-19-5-2-3-7-24(19)25/h2-3,5,7,9-18,25H,4,6,8H2,1H3,(H,29,33). The number of rotatable bonds is 6. The summed E-state index contributed by atoms with van der Waals surface area (Å²) in [6.45, 7) is 0. The predicted octanol–water partition coefficient (Wildman–Crippen LogP) is 5.20. The number of nitrogens with zero attached hydrogens (tertiary/aromatic N) is 2.